The quantitative estimate of drug-likeness (QED) is 0.846. The van der Waals surface area contributed by atoms with Crippen LogP contribution in [0.25, 0.3) is 0 Å². The minimum atomic E-state index is -0.432. The van der Waals surface area contributed by atoms with Crippen molar-refractivity contribution in [3.05, 3.63) is 83.1 Å². The number of carbonyl (C=O) groups excluding carboxylic acids is 1. The van der Waals surface area contributed by atoms with Gasteiger partial charge in [-0.05, 0) is 18.1 Å². The molecule has 0 saturated heterocycles. The molecule has 3 rings (SSSR count). The Morgan fingerprint density at radius 2 is 1.76 bits per heavy atom. The van der Waals surface area contributed by atoms with Crippen molar-refractivity contribution in [2.75, 3.05) is 19.7 Å². The fraction of sp³-hybridized carbons (Fsp3) is 0.286. The summed E-state index contributed by atoms with van der Waals surface area (Å²) in [4.78, 5) is 14.5. The molecule has 25 heavy (non-hydrogen) atoms. The van der Waals surface area contributed by atoms with Gasteiger partial charge in [0.05, 0.1) is 18.1 Å². The lowest BCUT2D eigenvalue weighted by Gasteiger charge is -2.33. The van der Waals surface area contributed by atoms with Crippen molar-refractivity contribution in [2.45, 2.75) is 19.4 Å². The lowest BCUT2D eigenvalue weighted by Crippen LogP contribution is -2.38. The summed E-state index contributed by atoms with van der Waals surface area (Å²) in [5.74, 6) is -0.522. The van der Waals surface area contributed by atoms with Crippen LogP contribution in [0.2, 0.25) is 0 Å². The fourth-order valence-corrected chi connectivity index (χ4v) is 3.22. The summed E-state index contributed by atoms with van der Waals surface area (Å²) in [6.45, 7) is 3.84. The van der Waals surface area contributed by atoms with Gasteiger partial charge >= 0.3 is 5.97 Å². The Morgan fingerprint density at radius 3 is 2.40 bits per heavy atom. The van der Waals surface area contributed by atoms with Gasteiger partial charge in [0.25, 0.3) is 0 Å². The van der Waals surface area contributed by atoms with Gasteiger partial charge in [0, 0.05) is 19.6 Å². The largest absolute Gasteiger partial charge is 0.511 e. The van der Waals surface area contributed by atoms with E-state index in [1.54, 1.807) is 6.92 Å². The van der Waals surface area contributed by atoms with E-state index in [0.29, 0.717) is 25.3 Å². The van der Waals surface area contributed by atoms with Gasteiger partial charge in [-0.3, -0.25) is 4.90 Å². The average molecular weight is 337 g/mol. The third kappa shape index (κ3) is 4.09. The van der Waals surface area contributed by atoms with E-state index in [4.69, 9.17) is 4.74 Å². The third-order valence-corrected chi connectivity index (χ3v) is 4.43. The molecule has 1 aliphatic rings. The highest BCUT2D eigenvalue weighted by atomic mass is 16.5. The number of hydrogen-bond donors (Lipinski definition) is 1. The van der Waals surface area contributed by atoms with Gasteiger partial charge in [0.1, 0.15) is 5.76 Å². The number of ether oxygens (including phenoxy) is 1. The van der Waals surface area contributed by atoms with E-state index in [1.807, 2.05) is 48.5 Å². The number of hydrogen-bond acceptors (Lipinski definition) is 4. The highest BCUT2D eigenvalue weighted by molar-refractivity contribution is 5.90. The van der Waals surface area contributed by atoms with Crippen molar-refractivity contribution in [3.63, 3.8) is 0 Å². The first-order valence-electron chi connectivity index (χ1n) is 8.59. The van der Waals surface area contributed by atoms with Crippen molar-refractivity contribution in [1.82, 2.24) is 4.90 Å². The SMILES string of the molecule is CCOC(=O)C1=C(O)C(c2ccccc2)CN(Cc2ccccc2)C1. The van der Waals surface area contributed by atoms with Crippen LogP contribution in [-0.2, 0) is 16.1 Å². The standard InChI is InChI=1S/C21H23NO3/c1-2-25-21(24)19-15-22(13-16-9-5-3-6-10-16)14-18(20(19)23)17-11-7-4-8-12-17/h3-12,18,23H,2,13-15H2,1H3. The van der Waals surface area contributed by atoms with E-state index in [1.165, 1.54) is 5.56 Å². The summed E-state index contributed by atoms with van der Waals surface area (Å²) in [5, 5.41) is 10.7. The Hall–Kier alpha value is -2.59. The molecule has 0 radical (unpaired) electrons. The van der Waals surface area contributed by atoms with Gasteiger partial charge in [-0.25, -0.2) is 4.79 Å². The van der Waals surface area contributed by atoms with Crippen LogP contribution in [0.5, 0.6) is 0 Å². The maximum absolute atomic E-state index is 12.3. The summed E-state index contributed by atoms with van der Waals surface area (Å²) < 4.78 is 5.15. The highest BCUT2D eigenvalue weighted by Crippen LogP contribution is 2.31. The molecule has 0 saturated carbocycles. The van der Waals surface area contributed by atoms with Crippen molar-refractivity contribution >= 4 is 5.97 Å². The maximum Gasteiger partial charge on any atom is 0.338 e. The monoisotopic (exact) mass is 337 g/mol. The van der Waals surface area contributed by atoms with E-state index >= 15 is 0 Å². The van der Waals surface area contributed by atoms with E-state index in [0.717, 1.165) is 12.1 Å². The molecule has 1 unspecified atom stereocenters. The summed E-state index contributed by atoms with van der Waals surface area (Å²) in [6, 6.07) is 19.9. The van der Waals surface area contributed by atoms with Crippen LogP contribution >= 0.6 is 0 Å². The molecule has 2 aromatic rings. The molecule has 0 amide bonds. The summed E-state index contributed by atoms with van der Waals surface area (Å²) in [7, 11) is 0. The number of nitrogens with zero attached hydrogens (tertiary/aromatic N) is 1. The molecular formula is C21H23NO3. The molecule has 0 bridgehead atoms. The van der Waals surface area contributed by atoms with Gasteiger partial charge in [0.15, 0.2) is 0 Å². The molecular weight excluding hydrogens is 314 g/mol. The fourth-order valence-electron chi connectivity index (χ4n) is 3.22. The van der Waals surface area contributed by atoms with E-state index in [2.05, 4.69) is 17.0 Å². The first kappa shape index (κ1) is 17.2. The normalized spacial score (nSPS) is 18.2. The van der Waals surface area contributed by atoms with Crippen molar-refractivity contribution < 1.29 is 14.6 Å². The van der Waals surface area contributed by atoms with E-state index in [9.17, 15) is 9.90 Å². The van der Waals surface area contributed by atoms with Crippen LogP contribution in [-0.4, -0.2) is 35.7 Å². The van der Waals surface area contributed by atoms with Gasteiger partial charge in [-0.2, -0.15) is 0 Å². The van der Waals surface area contributed by atoms with Crippen LogP contribution in [0.15, 0.2) is 72.0 Å². The molecule has 4 heteroatoms. The van der Waals surface area contributed by atoms with Crippen LogP contribution < -0.4 is 0 Å². The minimum Gasteiger partial charge on any atom is -0.511 e. The Kier molecular flexibility index (Phi) is 5.51. The minimum absolute atomic E-state index is 0.133. The molecule has 1 N–H and O–H groups in total. The molecule has 1 atom stereocenters. The van der Waals surface area contributed by atoms with Gasteiger partial charge in [-0.1, -0.05) is 60.7 Å². The lowest BCUT2D eigenvalue weighted by atomic mass is 9.90. The smallest absolute Gasteiger partial charge is 0.338 e. The molecule has 0 aliphatic carbocycles. The van der Waals surface area contributed by atoms with E-state index < -0.39 is 5.97 Å². The zero-order valence-corrected chi connectivity index (χ0v) is 14.4. The molecule has 0 fully saturated rings. The Labute approximate surface area is 148 Å². The number of benzene rings is 2. The third-order valence-electron chi connectivity index (χ3n) is 4.43. The maximum atomic E-state index is 12.3. The lowest BCUT2D eigenvalue weighted by molar-refractivity contribution is -0.139. The Balaban J connectivity index is 1.90. The molecule has 4 nitrogen and oxygen atoms in total. The van der Waals surface area contributed by atoms with Gasteiger partial charge in [0.2, 0.25) is 0 Å². The Morgan fingerprint density at radius 1 is 1.12 bits per heavy atom. The second-order valence-corrected chi connectivity index (χ2v) is 6.20. The number of aliphatic hydroxyl groups is 1. The summed E-state index contributed by atoms with van der Waals surface area (Å²) >= 11 is 0. The Bertz CT molecular complexity index is 740. The number of rotatable bonds is 5. The number of aliphatic hydroxyl groups excluding tert-OH is 1. The van der Waals surface area contributed by atoms with Crippen molar-refractivity contribution in [2.24, 2.45) is 0 Å². The van der Waals surface area contributed by atoms with Crippen LogP contribution in [0.1, 0.15) is 24.0 Å². The molecule has 0 spiro atoms. The summed E-state index contributed by atoms with van der Waals surface area (Å²) in [5.41, 5.74) is 2.54. The molecule has 1 aliphatic heterocycles. The highest BCUT2D eigenvalue weighted by Gasteiger charge is 2.32. The zero-order valence-electron chi connectivity index (χ0n) is 14.4. The van der Waals surface area contributed by atoms with Crippen LogP contribution in [0, 0.1) is 0 Å². The predicted molar refractivity (Wildman–Crippen MR) is 97.2 cm³/mol. The first-order valence-corrected chi connectivity index (χ1v) is 8.59. The zero-order chi connectivity index (χ0) is 17.6. The predicted octanol–water partition coefficient (Wildman–Crippen LogP) is 3.66. The number of carbonyl (C=O) groups is 1. The molecule has 130 valence electrons. The van der Waals surface area contributed by atoms with Crippen LogP contribution in [0.3, 0.4) is 0 Å². The van der Waals surface area contributed by atoms with Crippen LogP contribution in [0.4, 0.5) is 0 Å². The topological polar surface area (TPSA) is 49.8 Å². The van der Waals surface area contributed by atoms with E-state index in [-0.39, 0.29) is 11.7 Å². The van der Waals surface area contributed by atoms with Gasteiger partial charge < -0.3 is 9.84 Å². The molecule has 2 aromatic carbocycles. The average Bonchev–Trinajstić information content (AvgIpc) is 2.65. The second-order valence-electron chi connectivity index (χ2n) is 6.20. The first-order chi connectivity index (χ1) is 12.2. The molecule has 0 aromatic heterocycles. The van der Waals surface area contributed by atoms with Gasteiger partial charge in [-0.15, -0.1) is 0 Å². The van der Waals surface area contributed by atoms with Crippen molar-refractivity contribution in [3.8, 4) is 0 Å². The molecule has 1 heterocycles. The van der Waals surface area contributed by atoms with Crippen molar-refractivity contribution in [1.29, 1.82) is 0 Å². The summed E-state index contributed by atoms with van der Waals surface area (Å²) in [6.07, 6.45) is 0. The second kappa shape index (κ2) is 7.99. The number of esters is 1.